The molecule has 3 heteroatoms. The molecule has 72 valence electrons. The molecule has 0 heterocycles. The highest BCUT2D eigenvalue weighted by molar-refractivity contribution is 5.41. The van der Waals surface area contributed by atoms with Crippen LogP contribution in [0.25, 0.3) is 0 Å². The summed E-state index contributed by atoms with van der Waals surface area (Å²) in [6.45, 7) is 3.13. The maximum Gasteiger partial charge on any atom is 0.160 e. The second-order valence-electron chi connectivity index (χ2n) is 2.64. The summed E-state index contributed by atoms with van der Waals surface area (Å²) in [5.41, 5.74) is 0.945. The SMILES string of the molecule is CCOCc1ccc(OC)c(O)c1. The molecule has 1 N–H and O–H groups in total. The maximum absolute atomic E-state index is 9.41. The summed E-state index contributed by atoms with van der Waals surface area (Å²) in [6, 6.07) is 5.24. The molecular weight excluding hydrogens is 168 g/mol. The molecule has 0 unspecified atom stereocenters. The first kappa shape index (κ1) is 9.86. The van der Waals surface area contributed by atoms with Gasteiger partial charge in [0.15, 0.2) is 11.5 Å². The third-order valence-electron chi connectivity index (χ3n) is 1.72. The molecule has 0 amide bonds. The van der Waals surface area contributed by atoms with Crippen LogP contribution in [-0.4, -0.2) is 18.8 Å². The Bertz CT molecular complexity index is 271. The summed E-state index contributed by atoms with van der Waals surface area (Å²) in [6.07, 6.45) is 0. The lowest BCUT2D eigenvalue weighted by Gasteiger charge is -2.05. The van der Waals surface area contributed by atoms with Crippen LogP contribution < -0.4 is 4.74 Å². The van der Waals surface area contributed by atoms with Crippen LogP contribution in [0.15, 0.2) is 18.2 Å². The van der Waals surface area contributed by atoms with Crippen LogP contribution in [0.2, 0.25) is 0 Å². The molecule has 13 heavy (non-hydrogen) atoms. The zero-order valence-electron chi connectivity index (χ0n) is 7.91. The minimum Gasteiger partial charge on any atom is -0.504 e. The summed E-state index contributed by atoms with van der Waals surface area (Å²) in [4.78, 5) is 0. The Morgan fingerprint density at radius 1 is 1.38 bits per heavy atom. The van der Waals surface area contributed by atoms with Crippen LogP contribution in [0.1, 0.15) is 12.5 Å². The van der Waals surface area contributed by atoms with Crippen molar-refractivity contribution in [3.05, 3.63) is 23.8 Å². The van der Waals surface area contributed by atoms with Crippen LogP contribution >= 0.6 is 0 Å². The van der Waals surface area contributed by atoms with E-state index in [4.69, 9.17) is 9.47 Å². The lowest BCUT2D eigenvalue weighted by molar-refractivity contribution is 0.134. The van der Waals surface area contributed by atoms with Crippen LogP contribution in [0.3, 0.4) is 0 Å². The van der Waals surface area contributed by atoms with Crippen molar-refractivity contribution in [2.24, 2.45) is 0 Å². The third kappa shape index (κ3) is 2.63. The van der Waals surface area contributed by atoms with Crippen molar-refractivity contribution in [2.75, 3.05) is 13.7 Å². The van der Waals surface area contributed by atoms with Crippen molar-refractivity contribution in [3.63, 3.8) is 0 Å². The van der Waals surface area contributed by atoms with E-state index in [1.165, 1.54) is 7.11 Å². The van der Waals surface area contributed by atoms with Crippen molar-refractivity contribution in [3.8, 4) is 11.5 Å². The van der Waals surface area contributed by atoms with E-state index >= 15 is 0 Å². The molecule has 0 atom stereocenters. The maximum atomic E-state index is 9.41. The Labute approximate surface area is 77.9 Å². The predicted octanol–water partition coefficient (Wildman–Crippen LogP) is 1.94. The monoisotopic (exact) mass is 182 g/mol. The summed E-state index contributed by atoms with van der Waals surface area (Å²) in [5, 5.41) is 9.41. The van der Waals surface area contributed by atoms with Crippen LogP contribution in [-0.2, 0) is 11.3 Å². The van der Waals surface area contributed by atoms with Crippen molar-refractivity contribution in [1.82, 2.24) is 0 Å². The van der Waals surface area contributed by atoms with Gasteiger partial charge in [-0.1, -0.05) is 6.07 Å². The van der Waals surface area contributed by atoms with Gasteiger partial charge in [-0.15, -0.1) is 0 Å². The number of hydrogen-bond donors (Lipinski definition) is 1. The van der Waals surface area contributed by atoms with Gasteiger partial charge in [0.2, 0.25) is 0 Å². The fourth-order valence-electron chi connectivity index (χ4n) is 1.05. The zero-order valence-corrected chi connectivity index (χ0v) is 7.91. The van der Waals surface area contributed by atoms with Gasteiger partial charge in [-0.2, -0.15) is 0 Å². The average molecular weight is 182 g/mol. The fourth-order valence-corrected chi connectivity index (χ4v) is 1.05. The number of aromatic hydroxyl groups is 1. The van der Waals surface area contributed by atoms with Gasteiger partial charge in [0.1, 0.15) is 0 Å². The number of phenols is 1. The molecule has 0 bridgehead atoms. The molecule has 0 spiro atoms. The Morgan fingerprint density at radius 3 is 2.69 bits per heavy atom. The molecular formula is C10H14O3. The van der Waals surface area contributed by atoms with E-state index < -0.39 is 0 Å². The molecule has 0 saturated heterocycles. The van der Waals surface area contributed by atoms with E-state index in [-0.39, 0.29) is 5.75 Å². The molecule has 0 aromatic heterocycles. The van der Waals surface area contributed by atoms with Gasteiger partial charge in [0.25, 0.3) is 0 Å². The van der Waals surface area contributed by atoms with E-state index in [2.05, 4.69) is 0 Å². The molecule has 0 saturated carbocycles. The van der Waals surface area contributed by atoms with Gasteiger partial charge >= 0.3 is 0 Å². The first-order chi connectivity index (χ1) is 6.27. The van der Waals surface area contributed by atoms with Gasteiger partial charge in [0, 0.05) is 6.61 Å². The van der Waals surface area contributed by atoms with Crippen LogP contribution in [0.4, 0.5) is 0 Å². The zero-order chi connectivity index (χ0) is 9.68. The summed E-state index contributed by atoms with van der Waals surface area (Å²) < 4.78 is 10.1. The van der Waals surface area contributed by atoms with Gasteiger partial charge in [-0.05, 0) is 24.6 Å². The molecule has 1 aromatic rings. The van der Waals surface area contributed by atoms with Crippen molar-refractivity contribution in [1.29, 1.82) is 0 Å². The van der Waals surface area contributed by atoms with Gasteiger partial charge < -0.3 is 14.6 Å². The van der Waals surface area contributed by atoms with E-state index in [9.17, 15) is 5.11 Å². The minimum absolute atomic E-state index is 0.153. The van der Waals surface area contributed by atoms with Gasteiger partial charge in [-0.25, -0.2) is 0 Å². The molecule has 0 fully saturated rings. The lowest BCUT2D eigenvalue weighted by atomic mass is 10.2. The van der Waals surface area contributed by atoms with E-state index in [1.54, 1.807) is 12.1 Å². The summed E-state index contributed by atoms with van der Waals surface area (Å²) in [5.74, 6) is 0.639. The number of methoxy groups -OCH3 is 1. The molecule has 0 aliphatic carbocycles. The molecule has 0 aliphatic rings. The smallest absolute Gasteiger partial charge is 0.160 e. The Morgan fingerprint density at radius 2 is 2.15 bits per heavy atom. The Hall–Kier alpha value is -1.22. The van der Waals surface area contributed by atoms with Crippen molar-refractivity contribution < 1.29 is 14.6 Å². The van der Waals surface area contributed by atoms with Crippen molar-refractivity contribution in [2.45, 2.75) is 13.5 Å². The Kier molecular flexibility index (Phi) is 3.58. The highest BCUT2D eigenvalue weighted by Crippen LogP contribution is 2.26. The highest BCUT2D eigenvalue weighted by Gasteiger charge is 2.01. The largest absolute Gasteiger partial charge is 0.504 e. The molecule has 0 radical (unpaired) electrons. The summed E-state index contributed by atoms with van der Waals surface area (Å²) >= 11 is 0. The molecule has 1 aromatic carbocycles. The number of ether oxygens (including phenoxy) is 2. The average Bonchev–Trinajstić information content (AvgIpc) is 2.15. The van der Waals surface area contributed by atoms with E-state index in [0.717, 1.165) is 5.56 Å². The number of hydrogen-bond acceptors (Lipinski definition) is 3. The Balaban J connectivity index is 2.71. The standard InChI is InChI=1S/C10H14O3/c1-3-13-7-8-4-5-10(12-2)9(11)6-8/h4-6,11H,3,7H2,1-2H3. The molecule has 3 nitrogen and oxygen atoms in total. The van der Waals surface area contributed by atoms with E-state index in [0.29, 0.717) is 19.0 Å². The first-order valence-corrected chi connectivity index (χ1v) is 4.21. The second-order valence-corrected chi connectivity index (χ2v) is 2.64. The minimum atomic E-state index is 0.153. The third-order valence-corrected chi connectivity index (χ3v) is 1.72. The van der Waals surface area contributed by atoms with Crippen LogP contribution in [0, 0.1) is 0 Å². The van der Waals surface area contributed by atoms with Gasteiger partial charge in [-0.3, -0.25) is 0 Å². The van der Waals surface area contributed by atoms with Crippen LogP contribution in [0.5, 0.6) is 11.5 Å². The molecule has 1 rings (SSSR count). The number of benzene rings is 1. The number of phenolic OH excluding ortho intramolecular Hbond substituents is 1. The lowest BCUT2D eigenvalue weighted by Crippen LogP contribution is -1.92. The second kappa shape index (κ2) is 4.72. The normalized spacial score (nSPS) is 10.0. The molecule has 0 aliphatic heterocycles. The van der Waals surface area contributed by atoms with Crippen molar-refractivity contribution >= 4 is 0 Å². The number of rotatable bonds is 4. The fraction of sp³-hybridized carbons (Fsp3) is 0.400. The highest BCUT2D eigenvalue weighted by atomic mass is 16.5. The predicted molar refractivity (Wildman–Crippen MR) is 50.0 cm³/mol. The topological polar surface area (TPSA) is 38.7 Å². The van der Waals surface area contributed by atoms with E-state index in [1.807, 2.05) is 13.0 Å². The van der Waals surface area contributed by atoms with Gasteiger partial charge in [0.05, 0.1) is 13.7 Å². The quantitative estimate of drug-likeness (QED) is 0.773. The summed E-state index contributed by atoms with van der Waals surface area (Å²) in [7, 11) is 1.53. The first-order valence-electron chi connectivity index (χ1n) is 4.21.